The van der Waals surface area contributed by atoms with Crippen molar-refractivity contribution >= 4 is 5.97 Å². The van der Waals surface area contributed by atoms with E-state index in [1.54, 1.807) is 6.07 Å². The van der Waals surface area contributed by atoms with Gasteiger partial charge in [-0.3, -0.25) is 4.90 Å². The summed E-state index contributed by atoms with van der Waals surface area (Å²) in [5, 5.41) is 8.86. The molecule has 0 aliphatic rings. The molecule has 0 aromatic heterocycles. The van der Waals surface area contributed by atoms with Gasteiger partial charge in [0.05, 0.1) is 12.7 Å². The van der Waals surface area contributed by atoms with Crippen LogP contribution in [0.1, 0.15) is 29.3 Å². The summed E-state index contributed by atoms with van der Waals surface area (Å²) in [7, 11) is 1.39. The van der Waals surface area contributed by atoms with Crippen LogP contribution in [-0.2, 0) is 11.3 Å². The Hall–Kier alpha value is -1.39. The topological polar surface area (TPSA) is 49.8 Å². The molecular formula is C14H21NO3. The molecule has 0 amide bonds. The van der Waals surface area contributed by atoms with E-state index in [0.29, 0.717) is 12.1 Å². The molecule has 0 bridgehead atoms. The Kier molecular flexibility index (Phi) is 6.39. The zero-order chi connectivity index (χ0) is 13.4. The fraction of sp³-hybridized carbons (Fsp3) is 0.500. The van der Waals surface area contributed by atoms with Gasteiger partial charge in [0.1, 0.15) is 0 Å². The number of hydrogen-bond acceptors (Lipinski definition) is 4. The summed E-state index contributed by atoms with van der Waals surface area (Å²) >= 11 is 0. The van der Waals surface area contributed by atoms with Crippen molar-refractivity contribution in [3.63, 3.8) is 0 Å². The molecule has 0 aliphatic heterocycles. The quantitative estimate of drug-likeness (QED) is 0.749. The third-order valence-corrected chi connectivity index (χ3v) is 2.90. The lowest BCUT2D eigenvalue weighted by atomic mass is 10.1. The molecule has 1 rings (SSSR count). The minimum Gasteiger partial charge on any atom is -0.465 e. The van der Waals surface area contributed by atoms with Crippen LogP contribution in [0.5, 0.6) is 0 Å². The first-order valence-electron chi connectivity index (χ1n) is 6.22. The number of rotatable bonds is 7. The Morgan fingerprint density at radius 2 is 2.11 bits per heavy atom. The number of aliphatic hydroxyl groups is 1. The predicted octanol–water partition coefficient (Wildman–Crippen LogP) is 1.68. The largest absolute Gasteiger partial charge is 0.465 e. The zero-order valence-corrected chi connectivity index (χ0v) is 11.1. The summed E-state index contributed by atoms with van der Waals surface area (Å²) in [5.74, 6) is -0.302. The van der Waals surface area contributed by atoms with Crippen molar-refractivity contribution in [3.05, 3.63) is 35.4 Å². The lowest BCUT2D eigenvalue weighted by molar-refractivity contribution is 0.0598. The fourth-order valence-electron chi connectivity index (χ4n) is 1.85. The first kappa shape index (κ1) is 14.7. The zero-order valence-electron chi connectivity index (χ0n) is 11.1. The molecular weight excluding hydrogens is 230 g/mol. The summed E-state index contributed by atoms with van der Waals surface area (Å²) < 4.78 is 4.78. The van der Waals surface area contributed by atoms with E-state index in [0.717, 1.165) is 25.1 Å². The van der Waals surface area contributed by atoms with Gasteiger partial charge in [0.2, 0.25) is 0 Å². The fourth-order valence-corrected chi connectivity index (χ4v) is 1.85. The molecule has 0 unspecified atom stereocenters. The highest BCUT2D eigenvalue weighted by molar-refractivity contribution is 5.90. The van der Waals surface area contributed by atoms with Crippen molar-refractivity contribution in [1.29, 1.82) is 0 Å². The van der Waals surface area contributed by atoms with E-state index < -0.39 is 0 Å². The maximum absolute atomic E-state index is 11.6. The van der Waals surface area contributed by atoms with Gasteiger partial charge in [0.25, 0.3) is 0 Å². The minimum absolute atomic E-state index is 0.190. The monoisotopic (exact) mass is 251 g/mol. The molecule has 0 radical (unpaired) electrons. The van der Waals surface area contributed by atoms with E-state index in [9.17, 15) is 4.79 Å². The van der Waals surface area contributed by atoms with Crippen molar-refractivity contribution in [2.45, 2.75) is 19.9 Å². The molecule has 0 fully saturated rings. The second-order valence-electron chi connectivity index (χ2n) is 4.09. The van der Waals surface area contributed by atoms with Gasteiger partial charge in [-0.05, 0) is 24.6 Å². The highest BCUT2D eigenvalue weighted by atomic mass is 16.5. The first-order valence-corrected chi connectivity index (χ1v) is 6.22. The van der Waals surface area contributed by atoms with Gasteiger partial charge in [-0.15, -0.1) is 0 Å². The molecule has 4 nitrogen and oxygen atoms in total. The highest BCUT2D eigenvalue weighted by Crippen LogP contribution is 2.13. The van der Waals surface area contributed by atoms with Gasteiger partial charge in [0.15, 0.2) is 0 Å². The second kappa shape index (κ2) is 7.84. The van der Waals surface area contributed by atoms with Crippen LogP contribution in [0.3, 0.4) is 0 Å². The van der Waals surface area contributed by atoms with Crippen molar-refractivity contribution < 1.29 is 14.6 Å². The van der Waals surface area contributed by atoms with Crippen LogP contribution in [0.25, 0.3) is 0 Å². The van der Waals surface area contributed by atoms with E-state index in [1.807, 2.05) is 18.2 Å². The first-order chi connectivity index (χ1) is 8.72. The SMILES string of the molecule is CCN(CCCO)Cc1ccccc1C(=O)OC. The van der Waals surface area contributed by atoms with Crippen molar-refractivity contribution in [3.8, 4) is 0 Å². The standard InChI is InChI=1S/C14H21NO3/c1-3-15(9-6-10-16)11-12-7-4-5-8-13(12)14(17)18-2/h4-5,7-8,16H,3,6,9-11H2,1-2H3. The number of methoxy groups -OCH3 is 1. The number of aliphatic hydroxyl groups excluding tert-OH is 1. The Morgan fingerprint density at radius 1 is 1.39 bits per heavy atom. The van der Waals surface area contributed by atoms with E-state index in [1.165, 1.54) is 7.11 Å². The van der Waals surface area contributed by atoms with Crippen LogP contribution in [0.15, 0.2) is 24.3 Å². The predicted molar refractivity (Wildman–Crippen MR) is 70.4 cm³/mol. The van der Waals surface area contributed by atoms with Crippen LogP contribution in [0, 0.1) is 0 Å². The number of benzene rings is 1. The molecule has 100 valence electrons. The number of ether oxygens (including phenoxy) is 1. The van der Waals surface area contributed by atoms with Gasteiger partial charge < -0.3 is 9.84 Å². The third-order valence-electron chi connectivity index (χ3n) is 2.90. The average Bonchev–Trinajstić information content (AvgIpc) is 2.43. The van der Waals surface area contributed by atoms with Crippen LogP contribution in [0.2, 0.25) is 0 Å². The van der Waals surface area contributed by atoms with Crippen LogP contribution >= 0.6 is 0 Å². The van der Waals surface area contributed by atoms with Gasteiger partial charge in [-0.2, -0.15) is 0 Å². The molecule has 0 aliphatic carbocycles. The number of nitrogens with zero attached hydrogens (tertiary/aromatic N) is 1. The molecule has 4 heteroatoms. The molecule has 18 heavy (non-hydrogen) atoms. The Labute approximate surface area is 108 Å². The lowest BCUT2D eigenvalue weighted by Crippen LogP contribution is -2.25. The van der Waals surface area contributed by atoms with Gasteiger partial charge >= 0.3 is 5.97 Å². The maximum Gasteiger partial charge on any atom is 0.338 e. The normalized spacial score (nSPS) is 10.7. The van der Waals surface area contributed by atoms with E-state index in [4.69, 9.17) is 9.84 Å². The Bertz CT molecular complexity index is 379. The Morgan fingerprint density at radius 3 is 2.72 bits per heavy atom. The number of hydrogen-bond donors (Lipinski definition) is 1. The van der Waals surface area contributed by atoms with E-state index in [2.05, 4.69) is 11.8 Å². The summed E-state index contributed by atoms with van der Waals surface area (Å²) in [5.41, 5.74) is 1.58. The third kappa shape index (κ3) is 4.13. The molecule has 0 saturated heterocycles. The van der Waals surface area contributed by atoms with Crippen LogP contribution in [0.4, 0.5) is 0 Å². The molecule has 1 aromatic carbocycles. The van der Waals surface area contributed by atoms with Crippen molar-refractivity contribution in [1.82, 2.24) is 4.90 Å². The van der Waals surface area contributed by atoms with Crippen LogP contribution in [-0.4, -0.2) is 42.8 Å². The number of carbonyl (C=O) groups is 1. The summed E-state index contributed by atoms with van der Waals surface area (Å²) in [6.45, 7) is 4.66. The number of esters is 1. The summed E-state index contributed by atoms with van der Waals surface area (Å²) in [4.78, 5) is 13.8. The summed E-state index contributed by atoms with van der Waals surface area (Å²) in [6, 6.07) is 7.47. The van der Waals surface area contributed by atoms with Gasteiger partial charge in [-0.1, -0.05) is 25.1 Å². The molecule has 0 heterocycles. The van der Waals surface area contributed by atoms with E-state index >= 15 is 0 Å². The molecule has 0 spiro atoms. The van der Waals surface area contributed by atoms with Crippen LogP contribution < -0.4 is 0 Å². The summed E-state index contributed by atoms with van der Waals surface area (Å²) in [6.07, 6.45) is 0.744. The maximum atomic E-state index is 11.6. The van der Waals surface area contributed by atoms with Gasteiger partial charge in [-0.25, -0.2) is 4.79 Å². The smallest absolute Gasteiger partial charge is 0.338 e. The molecule has 0 atom stereocenters. The molecule has 0 saturated carbocycles. The van der Waals surface area contributed by atoms with E-state index in [-0.39, 0.29) is 12.6 Å². The Balaban J connectivity index is 2.78. The lowest BCUT2D eigenvalue weighted by Gasteiger charge is -2.21. The van der Waals surface area contributed by atoms with Crippen molar-refractivity contribution in [2.75, 3.05) is 26.8 Å². The highest BCUT2D eigenvalue weighted by Gasteiger charge is 2.13. The molecule has 1 aromatic rings. The minimum atomic E-state index is -0.302. The van der Waals surface area contributed by atoms with Gasteiger partial charge in [0, 0.05) is 19.7 Å². The average molecular weight is 251 g/mol. The molecule has 1 N–H and O–H groups in total. The second-order valence-corrected chi connectivity index (χ2v) is 4.09. The number of carbonyl (C=O) groups excluding carboxylic acids is 1. The van der Waals surface area contributed by atoms with Crippen molar-refractivity contribution in [2.24, 2.45) is 0 Å².